The maximum Gasteiger partial charge on any atom is 0.288 e. The Morgan fingerprint density at radius 1 is 1.19 bits per heavy atom. The summed E-state index contributed by atoms with van der Waals surface area (Å²) >= 11 is 0. The molecule has 1 aromatic rings. The van der Waals surface area contributed by atoms with Crippen molar-refractivity contribution in [2.75, 3.05) is 20.4 Å². The number of nitrogens with one attached hydrogen (secondary N) is 1. The number of hydrogen-bond acceptors (Lipinski definition) is 11. The minimum absolute atomic E-state index is 0.163. The van der Waals surface area contributed by atoms with E-state index in [1.165, 1.54) is 31.4 Å². The topological polar surface area (TPSA) is 239 Å². The fraction of sp³-hybridized carbons (Fsp3) is 0.389. The number of rotatable bonds is 8. The molecular formula is C18H26N6O8. The number of carbonyl (C=O) groups is 2. The smallest absolute Gasteiger partial charge is 0.288 e. The number of amidine groups is 1. The normalized spacial score (nSPS) is 24.0. The van der Waals surface area contributed by atoms with Crippen molar-refractivity contribution < 1.29 is 39.5 Å². The molecule has 0 aromatic heterocycles. The zero-order valence-corrected chi connectivity index (χ0v) is 17.1. The Bertz CT molecular complexity index is 890. The van der Waals surface area contributed by atoms with Crippen LogP contribution < -0.4 is 27.4 Å². The molecule has 14 nitrogen and oxygen atoms in total. The van der Waals surface area contributed by atoms with Crippen LogP contribution in [0, 0.1) is 0 Å². The maximum atomic E-state index is 12.8. The number of aliphatic hydroxyl groups is 4. The van der Waals surface area contributed by atoms with Gasteiger partial charge in [0.25, 0.3) is 11.8 Å². The Morgan fingerprint density at radius 3 is 2.31 bits per heavy atom. The van der Waals surface area contributed by atoms with Crippen LogP contribution in [0.15, 0.2) is 40.7 Å². The van der Waals surface area contributed by atoms with Crippen LogP contribution in [0.3, 0.4) is 0 Å². The average Bonchev–Trinajstić information content (AvgIpc) is 3.09. The second-order valence-electron chi connectivity index (χ2n) is 6.60. The first-order chi connectivity index (χ1) is 15.2. The quantitative estimate of drug-likeness (QED) is 0.0357. The summed E-state index contributed by atoms with van der Waals surface area (Å²) in [6, 6.07) is 5.96. The number of benzene rings is 1. The fourth-order valence-electron chi connectivity index (χ4n) is 2.82. The van der Waals surface area contributed by atoms with Crippen molar-refractivity contribution in [3.63, 3.8) is 0 Å². The minimum Gasteiger partial charge on any atom is -0.497 e. The molecule has 1 aliphatic rings. The summed E-state index contributed by atoms with van der Waals surface area (Å²) in [4.78, 5) is 28.7. The van der Waals surface area contributed by atoms with Gasteiger partial charge in [-0.1, -0.05) is 0 Å². The van der Waals surface area contributed by atoms with E-state index in [2.05, 4.69) is 10.3 Å². The van der Waals surface area contributed by atoms with Crippen molar-refractivity contribution in [3.8, 4) is 5.75 Å². The molecule has 2 rings (SSSR count). The van der Waals surface area contributed by atoms with Crippen LogP contribution >= 0.6 is 0 Å². The van der Waals surface area contributed by atoms with Crippen molar-refractivity contribution in [2.45, 2.75) is 24.5 Å². The van der Waals surface area contributed by atoms with Gasteiger partial charge in [0.2, 0.25) is 0 Å². The molecule has 0 saturated carbocycles. The first-order valence-corrected chi connectivity index (χ1v) is 9.24. The Hall–Kier alpha value is -3.27. The number of hydrogen-bond donors (Lipinski definition) is 8. The molecule has 176 valence electrons. The number of ether oxygens (including phenoxy) is 2. The zero-order chi connectivity index (χ0) is 24.0. The number of aliphatic imine (C=N–C) groups is 1. The average molecular weight is 454 g/mol. The molecule has 2 amide bonds. The van der Waals surface area contributed by atoms with Gasteiger partial charge in [0, 0.05) is 5.56 Å². The number of hydrazine groups is 1. The summed E-state index contributed by atoms with van der Waals surface area (Å²) < 4.78 is 10.2. The minimum atomic E-state index is -1.64. The molecule has 0 spiro atoms. The standard InChI is InChI=1S/C18H26N6O8/c1-31-9-4-2-8(3-5-9)16(29)23-15(20)11(19)12(22-7-26)17(30)24(21)18-14(28)13(27)10(6-25)32-18/h2-5,10,13-14,18,22,25-28H,6-7,19,21H2,1H3,(H2,20,23,29)/b12-11+. The number of carbonyl (C=O) groups excluding carboxylic acids is 2. The molecule has 0 radical (unpaired) electrons. The lowest BCUT2D eigenvalue weighted by atomic mass is 10.1. The Morgan fingerprint density at radius 2 is 1.81 bits per heavy atom. The van der Waals surface area contributed by atoms with E-state index in [0.717, 1.165) is 0 Å². The van der Waals surface area contributed by atoms with Gasteiger partial charge in [-0.2, -0.15) is 4.99 Å². The molecule has 1 aromatic carbocycles. The third-order valence-corrected chi connectivity index (χ3v) is 4.60. The van der Waals surface area contributed by atoms with Gasteiger partial charge < -0.3 is 46.7 Å². The van der Waals surface area contributed by atoms with Gasteiger partial charge in [0.05, 0.1) is 13.7 Å². The number of methoxy groups -OCH3 is 1. The van der Waals surface area contributed by atoms with E-state index in [1.54, 1.807) is 0 Å². The molecule has 11 N–H and O–H groups in total. The van der Waals surface area contributed by atoms with Crippen LogP contribution in [-0.2, 0) is 9.53 Å². The summed E-state index contributed by atoms with van der Waals surface area (Å²) in [5, 5.41) is 40.9. The van der Waals surface area contributed by atoms with Gasteiger partial charge >= 0.3 is 0 Å². The third-order valence-electron chi connectivity index (χ3n) is 4.60. The van der Waals surface area contributed by atoms with E-state index < -0.39 is 66.9 Å². The van der Waals surface area contributed by atoms with Gasteiger partial charge in [-0.15, -0.1) is 0 Å². The molecule has 14 heteroatoms. The molecule has 32 heavy (non-hydrogen) atoms. The molecule has 4 atom stereocenters. The van der Waals surface area contributed by atoms with E-state index in [9.17, 15) is 24.9 Å². The summed E-state index contributed by atoms with van der Waals surface area (Å²) in [7, 11) is 1.46. The van der Waals surface area contributed by atoms with E-state index in [0.29, 0.717) is 10.8 Å². The van der Waals surface area contributed by atoms with Crippen molar-refractivity contribution in [1.29, 1.82) is 0 Å². The second kappa shape index (κ2) is 10.9. The molecule has 0 bridgehead atoms. The monoisotopic (exact) mass is 454 g/mol. The third kappa shape index (κ3) is 5.31. The van der Waals surface area contributed by atoms with Gasteiger partial charge in [0.1, 0.15) is 42.2 Å². The van der Waals surface area contributed by atoms with Crippen LogP contribution in [0.25, 0.3) is 0 Å². The Labute approximate surface area is 182 Å². The highest BCUT2D eigenvalue weighted by Gasteiger charge is 2.46. The summed E-state index contributed by atoms with van der Waals surface area (Å²) in [6.45, 7) is -1.41. The summed E-state index contributed by atoms with van der Waals surface area (Å²) in [5.41, 5.74) is 10.7. The van der Waals surface area contributed by atoms with Gasteiger partial charge in [0.15, 0.2) is 12.1 Å². The molecule has 1 heterocycles. The van der Waals surface area contributed by atoms with Gasteiger partial charge in [-0.3, -0.25) is 9.59 Å². The van der Waals surface area contributed by atoms with Crippen LogP contribution in [0.4, 0.5) is 0 Å². The van der Waals surface area contributed by atoms with Crippen molar-refractivity contribution in [1.82, 2.24) is 10.3 Å². The van der Waals surface area contributed by atoms with Crippen molar-refractivity contribution >= 4 is 17.6 Å². The van der Waals surface area contributed by atoms with Crippen molar-refractivity contribution in [2.24, 2.45) is 22.3 Å². The van der Waals surface area contributed by atoms with Gasteiger partial charge in [-0.05, 0) is 24.3 Å². The predicted octanol–water partition coefficient (Wildman–Crippen LogP) is -3.96. The summed E-state index contributed by atoms with van der Waals surface area (Å²) in [6.07, 6.45) is -5.87. The van der Waals surface area contributed by atoms with Crippen LogP contribution in [0.1, 0.15) is 10.4 Å². The van der Waals surface area contributed by atoms with Gasteiger partial charge in [-0.25, -0.2) is 10.9 Å². The molecule has 1 saturated heterocycles. The summed E-state index contributed by atoms with van der Waals surface area (Å²) in [5.74, 6) is 3.81. The molecule has 1 aliphatic heterocycles. The van der Waals surface area contributed by atoms with Crippen LogP contribution in [0.2, 0.25) is 0 Å². The lowest BCUT2D eigenvalue weighted by molar-refractivity contribution is -0.150. The predicted molar refractivity (Wildman–Crippen MR) is 109 cm³/mol. The second-order valence-corrected chi connectivity index (χ2v) is 6.60. The number of nitrogens with zero attached hydrogens (tertiary/aromatic N) is 2. The lowest BCUT2D eigenvalue weighted by Gasteiger charge is -2.27. The number of aliphatic hydroxyl groups excluding tert-OH is 4. The first-order valence-electron chi connectivity index (χ1n) is 9.24. The largest absolute Gasteiger partial charge is 0.497 e. The van der Waals surface area contributed by atoms with E-state index in [1.807, 2.05) is 0 Å². The fourth-order valence-corrected chi connectivity index (χ4v) is 2.82. The van der Waals surface area contributed by atoms with E-state index in [-0.39, 0.29) is 5.56 Å². The van der Waals surface area contributed by atoms with E-state index in [4.69, 9.17) is 31.9 Å². The highest BCUT2D eigenvalue weighted by atomic mass is 16.6. The highest BCUT2D eigenvalue weighted by molar-refractivity contribution is 6.11. The number of nitrogens with two attached hydrogens (primary N) is 3. The zero-order valence-electron chi connectivity index (χ0n) is 17.1. The number of amides is 2. The van der Waals surface area contributed by atoms with E-state index >= 15 is 0 Å². The lowest BCUT2D eigenvalue weighted by Crippen LogP contribution is -2.53. The first kappa shape index (κ1) is 25.0. The maximum absolute atomic E-state index is 12.8. The van der Waals surface area contributed by atoms with Crippen LogP contribution in [0.5, 0.6) is 5.75 Å². The SMILES string of the molecule is COc1ccc(C(=O)N=C(N)/C(N)=C(\NCO)C(=O)N(N)C2OC(CO)C(O)C2O)cc1. The van der Waals surface area contributed by atoms with Crippen molar-refractivity contribution in [3.05, 3.63) is 41.2 Å². The Kier molecular flexibility index (Phi) is 8.48. The highest BCUT2D eigenvalue weighted by Crippen LogP contribution is 2.23. The Balaban J connectivity index is 2.28. The molecule has 0 aliphatic carbocycles. The molecule has 4 unspecified atom stereocenters. The van der Waals surface area contributed by atoms with Crippen LogP contribution in [-0.4, -0.2) is 88.1 Å². The molecule has 1 fully saturated rings. The molecular weight excluding hydrogens is 428 g/mol.